The SMILES string of the molecule is CONCc1c(F)ccc(C(C)C)c1F. The van der Waals surface area contributed by atoms with Gasteiger partial charge in [-0.15, -0.1) is 0 Å². The van der Waals surface area contributed by atoms with E-state index >= 15 is 0 Å². The molecule has 0 atom stereocenters. The van der Waals surface area contributed by atoms with Gasteiger partial charge >= 0.3 is 0 Å². The lowest BCUT2D eigenvalue weighted by Gasteiger charge is -2.12. The zero-order valence-corrected chi connectivity index (χ0v) is 9.10. The van der Waals surface area contributed by atoms with Crippen LogP contribution in [0.25, 0.3) is 0 Å². The van der Waals surface area contributed by atoms with Gasteiger partial charge in [0.15, 0.2) is 0 Å². The fraction of sp³-hybridized carbons (Fsp3) is 0.455. The topological polar surface area (TPSA) is 21.3 Å². The molecule has 0 aromatic heterocycles. The van der Waals surface area contributed by atoms with Gasteiger partial charge in [0.2, 0.25) is 0 Å². The number of hydrogen-bond donors (Lipinski definition) is 1. The highest BCUT2D eigenvalue weighted by atomic mass is 19.1. The van der Waals surface area contributed by atoms with Gasteiger partial charge in [-0.1, -0.05) is 19.9 Å². The summed E-state index contributed by atoms with van der Waals surface area (Å²) in [5.41, 5.74) is 2.97. The molecule has 0 amide bonds. The van der Waals surface area contributed by atoms with Gasteiger partial charge in [0.1, 0.15) is 11.6 Å². The summed E-state index contributed by atoms with van der Waals surface area (Å²) in [5, 5.41) is 0. The monoisotopic (exact) mass is 215 g/mol. The Hall–Kier alpha value is -1.00. The van der Waals surface area contributed by atoms with Crippen molar-refractivity contribution in [2.45, 2.75) is 26.3 Å². The Kier molecular flexibility index (Phi) is 4.17. The van der Waals surface area contributed by atoms with Crippen LogP contribution in [0.5, 0.6) is 0 Å². The summed E-state index contributed by atoms with van der Waals surface area (Å²) in [5.74, 6) is -1.01. The third-order valence-electron chi connectivity index (χ3n) is 2.23. The average molecular weight is 215 g/mol. The summed E-state index contributed by atoms with van der Waals surface area (Å²) in [4.78, 5) is 4.57. The van der Waals surface area contributed by atoms with Crippen LogP contribution in [0.2, 0.25) is 0 Å². The Morgan fingerprint density at radius 2 is 2.00 bits per heavy atom. The van der Waals surface area contributed by atoms with Gasteiger partial charge in [0, 0.05) is 5.56 Å². The molecule has 1 rings (SSSR count). The predicted molar refractivity (Wildman–Crippen MR) is 54.3 cm³/mol. The van der Waals surface area contributed by atoms with Gasteiger partial charge in [0.05, 0.1) is 13.7 Å². The molecular weight excluding hydrogens is 200 g/mol. The normalized spacial score (nSPS) is 11.1. The van der Waals surface area contributed by atoms with E-state index in [1.807, 2.05) is 13.8 Å². The number of nitrogens with one attached hydrogen (secondary N) is 1. The molecular formula is C11H15F2NO. The highest BCUT2D eigenvalue weighted by molar-refractivity contribution is 5.29. The standard InChI is InChI=1S/C11H15F2NO/c1-7(2)8-4-5-10(12)9(11(8)13)6-14-15-3/h4-5,7,14H,6H2,1-3H3. The molecule has 0 aliphatic rings. The van der Waals surface area contributed by atoms with Crippen LogP contribution in [-0.2, 0) is 11.4 Å². The number of hydroxylamine groups is 1. The Morgan fingerprint density at radius 1 is 1.33 bits per heavy atom. The second-order valence-electron chi connectivity index (χ2n) is 3.61. The van der Waals surface area contributed by atoms with Crippen LogP contribution >= 0.6 is 0 Å². The third-order valence-corrected chi connectivity index (χ3v) is 2.23. The van der Waals surface area contributed by atoms with E-state index in [9.17, 15) is 8.78 Å². The van der Waals surface area contributed by atoms with Crippen LogP contribution in [0.4, 0.5) is 8.78 Å². The van der Waals surface area contributed by atoms with Crippen molar-refractivity contribution in [2.24, 2.45) is 0 Å². The maximum atomic E-state index is 13.8. The molecule has 15 heavy (non-hydrogen) atoms. The summed E-state index contributed by atoms with van der Waals surface area (Å²) in [6, 6.07) is 2.76. The number of rotatable bonds is 4. The molecule has 1 N–H and O–H groups in total. The maximum Gasteiger partial charge on any atom is 0.134 e. The molecule has 84 valence electrons. The van der Waals surface area contributed by atoms with Crippen LogP contribution in [0.3, 0.4) is 0 Å². The average Bonchev–Trinajstić information content (AvgIpc) is 2.17. The van der Waals surface area contributed by atoms with Crippen LogP contribution in [-0.4, -0.2) is 7.11 Å². The van der Waals surface area contributed by atoms with Crippen molar-refractivity contribution in [3.8, 4) is 0 Å². The van der Waals surface area contributed by atoms with Crippen molar-refractivity contribution in [2.75, 3.05) is 7.11 Å². The summed E-state index contributed by atoms with van der Waals surface area (Å²) in [7, 11) is 1.40. The second-order valence-corrected chi connectivity index (χ2v) is 3.61. The third kappa shape index (κ3) is 2.73. The first kappa shape index (κ1) is 12.1. The minimum Gasteiger partial charge on any atom is -0.305 e. The summed E-state index contributed by atoms with van der Waals surface area (Å²) in [6.07, 6.45) is 0. The van der Waals surface area contributed by atoms with Crippen molar-refractivity contribution in [1.82, 2.24) is 5.48 Å². The largest absolute Gasteiger partial charge is 0.305 e. The van der Waals surface area contributed by atoms with Crippen molar-refractivity contribution >= 4 is 0 Å². The molecule has 0 aliphatic heterocycles. The van der Waals surface area contributed by atoms with Gasteiger partial charge in [-0.05, 0) is 17.5 Å². The molecule has 0 saturated heterocycles. The fourth-order valence-electron chi connectivity index (χ4n) is 1.37. The second kappa shape index (κ2) is 5.19. The van der Waals surface area contributed by atoms with Crippen LogP contribution in [0.15, 0.2) is 12.1 Å². The number of halogens is 2. The van der Waals surface area contributed by atoms with E-state index in [1.54, 1.807) is 0 Å². The van der Waals surface area contributed by atoms with Gasteiger partial charge in [-0.2, -0.15) is 5.48 Å². The van der Waals surface area contributed by atoms with Gasteiger partial charge in [-0.25, -0.2) is 8.78 Å². The minimum atomic E-state index is -0.554. The zero-order chi connectivity index (χ0) is 11.4. The van der Waals surface area contributed by atoms with Gasteiger partial charge < -0.3 is 4.84 Å². The summed E-state index contributed by atoms with van der Waals surface area (Å²) in [6.45, 7) is 3.75. The maximum absolute atomic E-state index is 13.8. The van der Waals surface area contributed by atoms with Crippen molar-refractivity contribution < 1.29 is 13.6 Å². The Labute approximate surface area is 88.2 Å². The Balaban J connectivity index is 3.06. The molecule has 0 heterocycles. The molecule has 0 bridgehead atoms. The Morgan fingerprint density at radius 3 is 2.53 bits per heavy atom. The van der Waals surface area contributed by atoms with E-state index in [-0.39, 0.29) is 18.0 Å². The van der Waals surface area contributed by atoms with E-state index in [1.165, 1.54) is 19.2 Å². The molecule has 0 aliphatic carbocycles. The molecule has 0 fully saturated rings. The lowest BCUT2D eigenvalue weighted by Crippen LogP contribution is -2.14. The number of hydrogen-bond acceptors (Lipinski definition) is 2. The summed E-state index contributed by atoms with van der Waals surface area (Å²) >= 11 is 0. The molecule has 2 nitrogen and oxygen atoms in total. The number of benzene rings is 1. The van der Waals surface area contributed by atoms with E-state index in [2.05, 4.69) is 10.3 Å². The lowest BCUT2D eigenvalue weighted by molar-refractivity contribution is 0.0850. The van der Waals surface area contributed by atoms with Crippen LogP contribution in [0, 0.1) is 11.6 Å². The highest BCUT2D eigenvalue weighted by Gasteiger charge is 2.15. The fourth-order valence-corrected chi connectivity index (χ4v) is 1.37. The van der Waals surface area contributed by atoms with Crippen molar-refractivity contribution in [1.29, 1.82) is 0 Å². The van der Waals surface area contributed by atoms with Gasteiger partial charge in [0.25, 0.3) is 0 Å². The molecule has 0 saturated carbocycles. The lowest BCUT2D eigenvalue weighted by atomic mass is 9.99. The van der Waals surface area contributed by atoms with E-state index in [0.29, 0.717) is 5.56 Å². The van der Waals surface area contributed by atoms with Crippen LogP contribution in [0.1, 0.15) is 30.9 Å². The van der Waals surface area contributed by atoms with Crippen LogP contribution < -0.4 is 5.48 Å². The first-order valence-corrected chi connectivity index (χ1v) is 4.80. The zero-order valence-electron chi connectivity index (χ0n) is 9.10. The first-order valence-electron chi connectivity index (χ1n) is 4.80. The molecule has 4 heteroatoms. The molecule has 0 spiro atoms. The molecule has 1 aromatic carbocycles. The van der Waals surface area contributed by atoms with E-state index < -0.39 is 11.6 Å². The predicted octanol–water partition coefficient (Wildman–Crippen LogP) is 2.74. The van der Waals surface area contributed by atoms with E-state index in [0.717, 1.165) is 0 Å². The molecule has 0 unspecified atom stereocenters. The van der Waals surface area contributed by atoms with E-state index in [4.69, 9.17) is 0 Å². The van der Waals surface area contributed by atoms with Crippen molar-refractivity contribution in [3.05, 3.63) is 34.9 Å². The van der Waals surface area contributed by atoms with Gasteiger partial charge in [-0.3, -0.25) is 0 Å². The molecule has 1 aromatic rings. The Bertz CT molecular complexity index is 340. The quantitative estimate of drug-likeness (QED) is 0.780. The first-order chi connectivity index (χ1) is 7.07. The highest BCUT2D eigenvalue weighted by Crippen LogP contribution is 2.23. The summed E-state index contributed by atoms with van der Waals surface area (Å²) < 4.78 is 27.1. The molecule has 0 radical (unpaired) electrons. The smallest absolute Gasteiger partial charge is 0.134 e. The van der Waals surface area contributed by atoms with Crippen molar-refractivity contribution in [3.63, 3.8) is 0 Å². The minimum absolute atomic E-state index is 0.0167.